The predicted octanol–water partition coefficient (Wildman–Crippen LogP) is 3.87. The average Bonchev–Trinajstić information content (AvgIpc) is 3.27. The number of ether oxygens (including phenoxy) is 1. The van der Waals surface area contributed by atoms with Crippen LogP contribution < -0.4 is 15.5 Å². The molecule has 2 N–H and O–H groups in total. The first kappa shape index (κ1) is 20.8. The Labute approximate surface area is 178 Å². The third-order valence-electron chi connectivity index (χ3n) is 5.08. The van der Waals surface area contributed by atoms with Gasteiger partial charge in [0, 0.05) is 43.3 Å². The first-order valence-corrected chi connectivity index (χ1v) is 10.0. The van der Waals surface area contributed by atoms with Crippen LogP contribution in [0.25, 0.3) is 5.69 Å². The van der Waals surface area contributed by atoms with E-state index in [2.05, 4.69) is 15.6 Å². The molecule has 1 unspecified atom stereocenters. The Balaban J connectivity index is 1.51. The summed E-state index contributed by atoms with van der Waals surface area (Å²) < 4.78 is 35.0. The number of morpholine rings is 1. The number of amides is 2. The quantitative estimate of drug-likeness (QED) is 0.649. The number of hydrogen-bond acceptors (Lipinski definition) is 4. The second-order valence-corrected chi connectivity index (χ2v) is 7.19. The highest BCUT2D eigenvalue weighted by molar-refractivity contribution is 5.93. The van der Waals surface area contributed by atoms with Gasteiger partial charge in [-0.2, -0.15) is 0 Å². The molecule has 1 aromatic heterocycles. The molecular weight excluding hydrogens is 404 g/mol. The minimum absolute atomic E-state index is 0.192. The highest BCUT2D eigenvalue weighted by Gasteiger charge is 2.21. The van der Waals surface area contributed by atoms with Crippen molar-refractivity contribution in [3.05, 3.63) is 72.3 Å². The monoisotopic (exact) mass is 427 g/mol. The molecule has 4 rings (SSSR count). The minimum atomic E-state index is -1.03. The maximum absolute atomic E-state index is 13.9. The number of hydrogen-bond donors (Lipinski definition) is 2. The topological polar surface area (TPSA) is 71.4 Å². The van der Waals surface area contributed by atoms with Crippen molar-refractivity contribution in [3.8, 4) is 5.69 Å². The number of nitrogens with one attached hydrogen (secondary N) is 2. The number of carbonyl (C=O) groups excluding carboxylic acids is 1. The van der Waals surface area contributed by atoms with Gasteiger partial charge in [-0.15, -0.1) is 0 Å². The van der Waals surface area contributed by atoms with Crippen LogP contribution in [0.3, 0.4) is 0 Å². The van der Waals surface area contributed by atoms with Crippen molar-refractivity contribution in [1.82, 2.24) is 14.9 Å². The van der Waals surface area contributed by atoms with Crippen LogP contribution in [-0.4, -0.2) is 41.9 Å². The molecule has 0 spiro atoms. The molecule has 7 nitrogen and oxygen atoms in total. The Morgan fingerprint density at radius 2 is 1.84 bits per heavy atom. The van der Waals surface area contributed by atoms with Crippen LogP contribution in [0.4, 0.5) is 25.0 Å². The van der Waals surface area contributed by atoms with Crippen molar-refractivity contribution in [3.63, 3.8) is 0 Å². The van der Waals surface area contributed by atoms with E-state index < -0.39 is 23.7 Å². The van der Waals surface area contributed by atoms with Gasteiger partial charge in [0.2, 0.25) is 0 Å². The van der Waals surface area contributed by atoms with Gasteiger partial charge in [0.05, 0.1) is 30.6 Å². The molecule has 1 aliphatic rings. The van der Waals surface area contributed by atoms with E-state index in [0.29, 0.717) is 37.8 Å². The summed E-state index contributed by atoms with van der Waals surface area (Å²) in [6, 6.07) is 10.7. The first-order valence-electron chi connectivity index (χ1n) is 10.0. The lowest BCUT2D eigenvalue weighted by molar-refractivity contribution is 0.122. The number of aromatic nitrogens is 2. The molecule has 0 radical (unpaired) electrons. The molecule has 2 heterocycles. The van der Waals surface area contributed by atoms with Crippen LogP contribution in [0.1, 0.15) is 18.8 Å². The summed E-state index contributed by atoms with van der Waals surface area (Å²) >= 11 is 0. The lowest BCUT2D eigenvalue weighted by Gasteiger charge is -2.30. The summed E-state index contributed by atoms with van der Waals surface area (Å²) in [7, 11) is 0. The van der Waals surface area contributed by atoms with E-state index in [9.17, 15) is 13.6 Å². The van der Waals surface area contributed by atoms with E-state index in [4.69, 9.17) is 4.74 Å². The number of rotatable bonds is 5. The summed E-state index contributed by atoms with van der Waals surface area (Å²) in [5.74, 6) is -1.36. The Morgan fingerprint density at radius 1 is 1.13 bits per heavy atom. The molecule has 1 atom stereocenters. The Hall–Kier alpha value is -3.46. The minimum Gasteiger partial charge on any atom is -0.378 e. The molecule has 0 aliphatic carbocycles. The highest BCUT2D eigenvalue weighted by Crippen LogP contribution is 2.29. The second-order valence-electron chi connectivity index (χ2n) is 7.19. The molecule has 3 aromatic rings. The summed E-state index contributed by atoms with van der Waals surface area (Å²) in [5.41, 5.74) is 1.52. The number of para-hydroxylation sites is 1. The Kier molecular flexibility index (Phi) is 6.13. The van der Waals surface area contributed by atoms with Gasteiger partial charge in [0.25, 0.3) is 0 Å². The largest absolute Gasteiger partial charge is 0.378 e. The van der Waals surface area contributed by atoms with Gasteiger partial charge >= 0.3 is 6.03 Å². The number of halogens is 2. The van der Waals surface area contributed by atoms with Crippen LogP contribution in [0, 0.1) is 11.6 Å². The molecule has 1 saturated heterocycles. The summed E-state index contributed by atoms with van der Waals surface area (Å²) in [4.78, 5) is 18.9. The maximum atomic E-state index is 13.9. The Bertz CT molecular complexity index is 1050. The zero-order valence-corrected chi connectivity index (χ0v) is 17.0. The van der Waals surface area contributed by atoms with Crippen molar-refractivity contribution >= 4 is 17.4 Å². The molecular formula is C22H23F2N5O2. The molecule has 162 valence electrons. The summed E-state index contributed by atoms with van der Waals surface area (Å²) in [5, 5.41) is 5.46. The molecule has 31 heavy (non-hydrogen) atoms. The van der Waals surface area contributed by atoms with E-state index in [1.54, 1.807) is 13.1 Å². The van der Waals surface area contributed by atoms with Gasteiger partial charge in [0.1, 0.15) is 5.82 Å². The van der Waals surface area contributed by atoms with Gasteiger partial charge in [-0.3, -0.25) is 0 Å². The molecule has 2 amide bonds. The normalized spacial score (nSPS) is 14.9. The molecule has 2 aromatic carbocycles. The van der Waals surface area contributed by atoms with Gasteiger partial charge in [-0.25, -0.2) is 18.6 Å². The third kappa shape index (κ3) is 4.66. The molecule has 9 heteroatoms. The van der Waals surface area contributed by atoms with E-state index in [1.165, 1.54) is 0 Å². The SMILES string of the molecule is CC(NC(=O)Nc1cc(F)c(F)cc1N1CCOCC1)c1nccn1-c1ccccc1. The van der Waals surface area contributed by atoms with Gasteiger partial charge in [-0.1, -0.05) is 18.2 Å². The molecule has 0 bridgehead atoms. The van der Waals surface area contributed by atoms with Crippen LogP contribution in [0.15, 0.2) is 54.9 Å². The van der Waals surface area contributed by atoms with E-state index in [1.807, 2.05) is 46.0 Å². The number of anilines is 2. The fraction of sp³-hybridized carbons (Fsp3) is 0.273. The zero-order chi connectivity index (χ0) is 21.8. The van der Waals surface area contributed by atoms with Gasteiger partial charge in [-0.05, 0) is 19.1 Å². The lowest BCUT2D eigenvalue weighted by Crippen LogP contribution is -2.38. The smallest absolute Gasteiger partial charge is 0.319 e. The van der Waals surface area contributed by atoms with Crippen LogP contribution >= 0.6 is 0 Å². The number of benzene rings is 2. The summed E-state index contributed by atoms with van der Waals surface area (Å²) in [6.45, 7) is 3.79. The highest BCUT2D eigenvalue weighted by atomic mass is 19.2. The first-order chi connectivity index (χ1) is 15.0. The van der Waals surface area contributed by atoms with Crippen molar-refractivity contribution in [2.45, 2.75) is 13.0 Å². The standard InChI is InChI=1S/C22H23F2N5O2/c1-15(21-25-7-8-29(21)16-5-3-2-4-6-16)26-22(30)27-19-13-17(23)18(24)14-20(19)28-9-11-31-12-10-28/h2-8,13-15H,9-12H2,1H3,(H2,26,27,30). The number of nitrogens with zero attached hydrogens (tertiary/aromatic N) is 3. The van der Waals surface area contributed by atoms with Crippen LogP contribution in [0.2, 0.25) is 0 Å². The van der Waals surface area contributed by atoms with Crippen molar-refractivity contribution in [1.29, 1.82) is 0 Å². The molecule has 1 aliphatic heterocycles. The average molecular weight is 427 g/mol. The third-order valence-corrected chi connectivity index (χ3v) is 5.08. The maximum Gasteiger partial charge on any atom is 0.319 e. The van der Waals surface area contributed by atoms with Crippen LogP contribution in [0.5, 0.6) is 0 Å². The second kappa shape index (κ2) is 9.13. The fourth-order valence-corrected chi connectivity index (χ4v) is 3.56. The molecule has 0 saturated carbocycles. The van der Waals surface area contributed by atoms with Gasteiger partial charge in [0.15, 0.2) is 11.6 Å². The van der Waals surface area contributed by atoms with E-state index in [0.717, 1.165) is 17.8 Å². The number of imidazole rings is 1. The lowest BCUT2D eigenvalue weighted by atomic mass is 10.2. The number of urea groups is 1. The predicted molar refractivity (Wildman–Crippen MR) is 114 cm³/mol. The number of carbonyl (C=O) groups is 1. The molecule has 1 fully saturated rings. The summed E-state index contributed by atoms with van der Waals surface area (Å²) in [6.07, 6.45) is 3.47. The van der Waals surface area contributed by atoms with Crippen molar-refractivity contribution in [2.75, 3.05) is 36.5 Å². The fourth-order valence-electron chi connectivity index (χ4n) is 3.56. The van der Waals surface area contributed by atoms with E-state index in [-0.39, 0.29) is 5.69 Å². The van der Waals surface area contributed by atoms with Crippen LogP contribution in [-0.2, 0) is 4.74 Å². The van der Waals surface area contributed by atoms with Crippen molar-refractivity contribution < 1.29 is 18.3 Å². The zero-order valence-electron chi connectivity index (χ0n) is 17.0. The van der Waals surface area contributed by atoms with Crippen molar-refractivity contribution in [2.24, 2.45) is 0 Å². The van der Waals surface area contributed by atoms with E-state index >= 15 is 0 Å². The Morgan fingerprint density at radius 3 is 2.58 bits per heavy atom. The van der Waals surface area contributed by atoms with Gasteiger partial charge < -0.3 is 24.8 Å².